The van der Waals surface area contributed by atoms with E-state index in [4.69, 9.17) is 5.11 Å². The number of nitrogens with zero attached hydrogens (tertiary/aromatic N) is 1. The molecule has 1 unspecified atom stereocenters. The van der Waals surface area contributed by atoms with Crippen molar-refractivity contribution in [1.29, 1.82) is 0 Å². The molecule has 1 heterocycles. The van der Waals surface area contributed by atoms with Crippen LogP contribution in [-0.4, -0.2) is 24.2 Å². The minimum Gasteiger partial charge on any atom is -0.478 e. The maximum atomic E-state index is 11.1. The lowest BCUT2D eigenvalue weighted by Crippen LogP contribution is -2.26. The Hall–Kier alpha value is -1.03. The van der Waals surface area contributed by atoms with Crippen LogP contribution in [0.15, 0.2) is 22.7 Å². The number of carboxylic acid groups (broad SMARTS) is 1. The Bertz CT molecular complexity index is 522. The summed E-state index contributed by atoms with van der Waals surface area (Å²) in [6.07, 6.45) is 3.66. The number of hydrogen-bond acceptors (Lipinski definition) is 2. The van der Waals surface area contributed by atoms with Gasteiger partial charge in [-0.1, -0.05) is 20.8 Å². The predicted molar refractivity (Wildman–Crippen MR) is 90.1 cm³/mol. The number of hydrogen-bond donors (Lipinski definition) is 1. The van der Waals surface area contributed by atoms with Gasteiger partial charge in [-0.05, 0) is 64.7 Å². The first-order valence-corrected chi connectivity index (χ1v) is 8.36. The number of carboxylic acids is 1. The van der Waals surface area contributed by atoms with Crippen molar-refractivity contribution in [1.82, 2.24) is 0 Å². The molecule has 0 aliphatic carbocycles. The van der Waals surface area contributed by atoms with Crippen LogP contribution in [0, 0.1) is 11.3 Å². The number of benzene rings is 1. The van der Waals surface area contributed by atoms with Crippen molar-refractivity contribution in [2.24, 2.45) is 11.3 Å². The molecule has 0 bridgehead atoms. The molecule has 4 heteroatoms. The molecular formula is C17H24BrNO2. The van der Waals surface area contributed by atoms with Crippen LogP contribution in [0.4, 0.5) is 5.69 Å². The molecule has 1 saturated heterocycles. The molecule has 1 aromatic carbocycles. The molecular weight excluding hydrogens is 330 g/mol. The standard InChI is InChI=1S/C17H24BrNO2/c1-17(2,3)12-5-4-9-19(10-8-12)13-6-7-14(16(20)21)15(18)11-13/h6-7,11-12H,4-5,8-10H2,1-3H3,(H,20,21). The van der Waals surface area contributed by atoms with Crippen molar-refractivity contribution in [3.05, 3.63) is 28.2 Å². The van der Waals surface area contributed by atoms with E-state index < -0.39 is 5.97 Å². The fourth-order valence-electron chi connectivity index (χ4n) is 3.09. The fraction of sp³-hybridized carbons (Fsp3) is 0.588. The van der Waals surface area contributed by atoms with Gasteiger partial charge in [-0.2, -0.15) is 0 Å². The van der Waals surface area contributed by atoms with E-state index in [0.29, 0.717) is 15.5 Å². The second-order valence-electron chi connectivity index (χ2n) is 6.95. The molecule has 116 valence electrons. The van der Waals surface area contributed by atoms with E-state index in [-0.39, 0.29) is 0 Å². The number of halogens is 1. The second-order valence-corrected chi connectivity index (χ2v) is 7.80. The summed E-state index contributed by atoms with van der Waals surface area (Å²) < 4.78 is 0.657. The Kier molecular flexibility index (Phi) is 4.97. The number of aromatic carboxylic acids is 1. The third-order valence-electron chi connectivity index (χ3n) is 4.50. The van der Waals surface area contributed by atoms with Crippen LogP contribution in [0.3, 0.4) is 0 Å². The molecule has 0 saturated carbocycles. The quantitative estimate of drug-likeness (QED) is 0.829. The topological polar surface area (TPSA) is 40.5 Å². The Morgan fingerprint density at radius 1 is 1.29 bits per heavy atom. The minimum atomic E-state index is -0.892. The summed E-state index contributed by atoms with van der Waals surface area (Å²) >= 11 is 3.37. The van der Waals surface area contributed by atoms with Crippen molar-refractivity contribution >= 4 is 27.6 Å². The molecule has 1 aliphatic rings. The van der Waals surface area contributed by atoms with Crippen LogP contribution in [0.5, 0.6) is 0 Å². The molecule has 21 heavy (non-hydrogen) atoms. The Balaban J connectivity index is 2.13. The lowest BCUT2D eigenvalue weighted by molar-refractivity contribution is 0.0696. The fourth-order valence-corrected chi connectivity index (χ4v) is 3.63. The molecule has 2 rings (SSSR count). The van der Waals surface area contributed by atoms with Gasteiger partial charge >= 0.3 is 5.97 Å². The van der Waals surface area contributed by atoms with Gasteiger partial charge in [-0.25, -0.2) is 4.79 Å². The van der Waals surface area contributed by atoms with Crippen LogP contribution in [-0.2, 0) is 0 Å². The van der Waals surface area contributed by atoms with Crippen LogP contribution in [0.2, 0.25) is 0 Å². The zero-order chi connectivity index (χ0) is 15.6. The summed E-state index contributed by atoms with van der Waals surface area (Å²) in [5.41, 5.74) is 1.80. The van der Waals surface area contributed by atoms with E-state index in [9.17, 15) is 4.79 Å². The van der Waals surface area contributed by atoms with Crippen molar-refractivity contribution in [3.63, 3.8) is 0 Å². The number of carbonyl (C=O) groups is 1. The predicted octanol–water partition coefficient (Wildman–Crippen LogP) is 4.80. The highest BCUT2D eigenvalue weighted by Gasteiger charge is 2.27. The van der Waals surface area contributed by atoms with Gasteiger partial charge in [0, 0.05) is 23.2 Å². The van der Waals surface area contributed by atoms with E-state index in [1.165, 1.54) is 19.3 Å². The van der Waals surface area contributed by atoms with Crippen LogP contribution in [0.25, 0.3) is 0 Å². The maximum Gasteiger partial charge on any atom is 0.336 e. The summed E-state index contributed by atoms with van der Waals surface area (Å²) in [5.74, 6) is -0.138. The van der Waals surface area contributed by atoms with Gasteiger partial charge in [0.25, 0.3) is 0 Å². The summed E-state index contributed by atoms with van der Waals surface area (Å²) in [4.78, 5) is 13.5. The smallest absolute Gasteiger partial charge is 0.336 e. The van der Waals surface area contributed by atoms with Crippen molar-refractivity contribution < 1.29 is 9.90 Å². The van der Waals surface area contributed by atoms with Crippen LogP contribution >= 0.6 is 15.9 Å². The molecule has 3 nitrogen and oxygen atoms in total. The van der Waals surface area contributed by atoms with Gasteiger partial charge in [0.05, 0.1) is 5.56 Å². The van der Waals surface area contributed by atoms with E-state index in [2.05, 4.69) is 41.6 Å². The average Bonchev–Trinajstić information content (AvgIpc) is 2.63. The van der Waals surface area contributed by atoms with Gasteiger partial charge in [0.15, 0.2) is 0 Å². The average molecular weight is 354 g/mol. The normalized spacial score (nSPS) is 20.2. The molecule has 0 spiro atoms. The van der Waals surface area contributed by atoms with Crippen molar-refractivity contribution in [3.8, 4) is 0 Å². The molecule has 1 N–H and O–H groups in total. The zero-order valence-electron chi connectivity index (χ0n) is 13.0. The van der Waals surface area contributed by atoms with Gasteiger partial charge in [0.1, 0.15) is 0 Å². The molecule has 0 radical (unpaired) electrons. The van der Waals surface area contributed by atoms with Gasteiger partial charge < -0.3 is 10.0 Å². The summed E-state index contributed by atoms with van der Waals surface area (Å²) in [6.45, 7) is 9.06. The van der Waals surface area contributed by atoms with Gasteiger partial charge in [0.2, 0.25) is 0 Å². The van der Waals surface area contributed by atoms with Crippen molar-refractivity contribution in [2.75, 3.05) is 18.0 Å². The molecule has 1 atom stereocenters. The number of rotatable bonds is 2. The molecule has 1 fully saturated rings. The molecule has 0 amide bonds. The molecule has 1 aliphatic heterocycles. The Morgan fingerprint density at radius 3 is 2.57 bits per heavy atom. The van der Waals surface area contributed by atoms with E-state index in [1.807, 2.05) is 12.1 Å². The third kappa shape index (κ3) is 4.00. The number of anilines is 1. The first-order valence-electron chi connectivity index (χ1n) is 7.57. The highest BCUT2D eigenvalue weighted by molar-refractivity contribution is 9.10. The SMILES string of the molecule is CC(C)(C)C1CCCN(c2ccc(C(=O)O)c(Br)c2)CC1. The molecule has 1 aromatic rings. The van der Waals surface area contributed by atoms with E-state index in [0.717, 1.165) is 24.7 Å². The van der Waals surface area contributed by atoms with Gasteiger partial charge in [-0.15, -0.1) is 0 Å². The largest absolute Gasteiger partial charge is 0.478 e. The summed E-state index contributed by atoms with van der Waals surface area (Å²) in [6, 6.07) is 5.54. The third-order valence-corrected chi connectivity index (χ3v) is 5.16. The Morgan fingerprint density at radius 2 is 2.00 bits per heavy atom. The first kappa shape index (κ1) is 16.3. The first-order chi connectivity index (χ1) is 9.79. The van der Waals surface area contributed by atoms with Crippen LogP contribution < -0.4 is 4.90 Å². The monoisotopic (exact) mass is 353 g/mol. The molecule has 0 aromatic heterocycles. The van der Waals surface area contributed by atoms with E-state index >= 15 is 0 Å². The highest BCUT2D eigenvalue weighted by atomic mass is 79.9. The van der Waals surface area contributed by atoms with E-state index in [1.54, 1.807) is 6.07 Å². The highest BCUT2D eigenvalue weighted by Crippen LogP contribution is 2.35. The van der Waals surface area contributed by atoms with Crippen LogP contribution in [0.1, 0.15) is 50.4 Å². The maximum absolute atomic E-state index is 11.1. The second kappa shape index (κ2) is 6.39. The summed E-state index contributed by atoms with van der Waals surface area (Å²) in [7, 11) is 0. The lowest BCUT2D eigenvalue weighted by atomic mass is 9.77. The minimum absolute atomic E-state index is 0.320. The summed E-state index contributed by atoms with van der Waals surface area (Å²) in [5, 5.41) is 9.09. The lowest BCUT2D eigenvalue weighted by Gasteiger charge is -2.30. The van der Waals surface area contributed by atoms with Gasteiger partial charge in [-0.3, -0.25) is 0 Å². The zero-order valence-corrected chi connectivity index (χ0v) is 14.6. The van der Waals surface area contributed by atoms with Crippen molar-refractivity contribution in [2.45, 2.75) is 40.0 Å². The Labute approximate surface area is 135 Å².